The lowest BCUT2D eigenvalue weighted by atomic mass is 10.1. The van der Waals surface area contributed by atoms with Crippen LogP contribution in [0.4, 0.5) is 0 Å². The third-order valence-corrected chi connectivity index (χ3v) is 11.0. The lowest BCUT2D eigenvalue weighted by molar-refractivity contribution is -0.0567. The van der Waals surface area contributed by atoms with Gasteiger partial charge in [0.1, 0.15) is 24.3 Å². The van der Waals surface area contributed by atoms with Gasteiger partial charge in [0.25, 0.3) is 5.56 Å². The molecule has 0 radical (unpaired) electrons. The van der Waals surface area contributed by atoms with Crippen LogP contribution in [-0.4, -0.2) is 69.8 Å². The summed E-state index contributed by atoms with van der Waals surface area (Å²) in [7, 11) is -14.1. The number of aryl methyl sites for hydroxylation is 1. The number of aromatic nitrogens is 2. The number of rotatable bonds is 12. The molecule has 1 fully saturated rings. The van der Waals surface area contributed by atoms with Crippen LogP contribution in [0.5, 0.6) is 0 Å². The fourth-order valence-corrected chi connectivity index (χ4v) is 7.86. The number of phosphoric ester groups is 1. The number of hydrogen-bond donors (Lipinski definition) is 6. The molecule has 37 heavy (non-hydrogen) atoms. The number of nitrogens with one attached hydrogen (secondary N) is 1. The molecule has 6 atom stereocenters. The molecule has 214 valence electrons. The zero-order chi connectivity index (χ0) is 28.4. The van der Waals surface area contributed by atoms with Crippen molar-refractivity contribution >= 4 is 45.1 Å². The van der Waals surface area contributed by atoms with Gasteiger partial charge in [-0.05, 0) is 6.92 Å². The van der Waals surface area contributed by atoms with E-state index in [0.717, 1.165) is 10.8 Å². The lowest BCUT2D eigenvalue weighted by Gasteiger charge is -2.23. The Balaban J connectivity index is 2.21. The Hall–Kier alpha value is -0.330. The highest BCUT2D eigenvalue weighted by Crippen LogP contribution is 2.66. The van der Waals surface area contributed by atoms with Crippen molar-refractivity contribution in [3.05, 3.63) is 32.6 Å². The Morgan fingerprint density at radius 2 is 1.73 bits per heavy atom. The Bertz CT molecular complexity index is 1210. The molecule has 0 spiro atoms. The van der Waals surface area contributed by atoms with Gasteiger partial charge in [0.05, 0.1) is 6.61 Å². The third kappa shape index (κ3) is 10.6. The van der Waals surface area contributed by atoms with E-state index < -0.39 is 65.9 Å². The Morgan fingerprint density at radius 3 is 2.30 bits per heavy atom. The van der Waals surface area contributed by atoms with Crippen molar-refractivity contribution in [2.45, 2.75) is 57.0 Å². The molecule has 17 nitrogen and oxygen atoms in total. The van der Waals surface area contributed by atoms with E-state index in [4.69, 9.17) is 19.3 Å². The second-order valence-electron chi connectivity index (χ2n) is 8.48. The summed E-state index contributed by atoms with van der Waals surface area (Å²) in [6.45, 7) is 6.33. The van der Waals surface area contributed by atoms with E-state index in [1.54, 1.807) is 0 Å². The molecule has 1 saturated heterocycles. The van der Waals surface area contributed by atoms with Crippen molar-refractivity contribution in [3.8, 4) is 0 Å². The maximum absolute atomic E-state index is 12.3. The van der Waals surface area contributed by atoms with Crippen LogP contribution in [0.15, 0.2) is 15.8 Å². The minimum absolute atomic E-state index is 0.00888. The van der Waals surface area contributed by atoms with Crippen LogP contribution in [0, 0.1) is 6.92 Å². The van der Waals surface area contributed by atoms with Crippen molar-refractivity contribution < 1.29 is 61.0 Å². The van der Waals surface area contributed by atoms with Gasteiger partial charge in [0.2, 0.25) is 0 Å². The van der Waals surface area contributed by atoms with Crippen LogP contribution in [-0.2, 0) is 36.3 Å². The highest BCUT2D eigenvalue weighted by molar-refractivity contribution is 8.77. The highest BCUT2D eigenvalue weighted by Gasteiger charge is 2.48. The van der Waals surface area contributed by atoms with Gasteiger partial charge < -0.3 is 34.2 Å². The summed E-state index contributed by atoms with van der Waals surface area (Å²) in [6, 6.07) is 0. The molecule has 1 aliphatic rings. The average molecular weight is 632 g/mol. The fraction of sp³-hybridized carbons (Fsp3) is 0.733. The molecule has 1 aromatic heterocycles. The first-order valence-corrected chi connectivity index (χ1v) is 16.9. The Kier molecular flexibility index (Phi) is 11.1. The van der Waals surface area contributed by atoms with Crippen LogP contribution in [0.2, 0.25) is 0 Å². The minimum Gasteiger partial charge on any atom is -0.386 e. The van der Waals surface area contributed by atoms with E-state index in [9.17, 15) is 38.2 Å². The van der Waals surface area contributed by atoms with Gasteiger partial charge in [-0.15, -0.1) is 0 Å². The molecule has 6 unspecified atom stereocenters. The maximum Gasteiger partial charge on any atom is 0.490 e. The van der Waals surface area contributed by atoms with Crippen molar-refractivity contribution in [1.82, 2.24) is 9.55 Å². The quantitative estimate of drug-likeness (QED) is 0.0812. The lowest BCUT2D eigenvalue weighted by Crippen LogP contribution is -2.39. The maximum atomic E-state index is 12.3. The predicted molar refractivity (Wildman–Crippen MR) is 130 cm³/mol. The standard InChI is InChI=1S/C15H27N2O15P3S2/c1-8-5-17(14(20)16-12(8)19)13-10(18)11(28-7-36-37-15(2,3)4)9(30-13)6-29-34(24,25)32-35(26,27)31-33(21,22)23/h5,9-11,13,18H,6-7H2,1-4H3,(H,24,25)(H,26,27)(H,16,19,20)(H2,21,22,23). The number of hydrogen-bond acceptors (Lipinski definition) is 13. The predicted octanol–water partition coefficient (Wildman–Crippen LogP) is 0.969. The van der Waals surface area contributed by atoms with E-state index in [0.29, 0.717) is 0 Å². The van der Waals surface area contributed by atoms with Crippen LogP contribution in [0.3, 0.4) is 0 Å². The molecule has 0 amide bonds. The van der Waals surface area contributed by atoms with Crippen LogP contribution >= 0.6 is 45.1 Å². The zero-order valence-electron chi connectivity index (χ0n) is 19.7. The number of nitrogens with zero attached hydrogens (tertiary/aromatic N) is 1. The Labute approximate surface area is 217 Å². The van der Waals surface area contributed by atoms with Gasteiger partial charge >= 0.3 is 29.2 Å². The summed E-state index contributed by atoms with van der Waals surface area (Å²) >= 11 is 0. The number of ether oxygens (including phenoxy) is 2. The van der Waals surface area contributed by atoms with Gasteiger partial charge in [0.15, 0.2) is 6.23 Å². The number of aromatic amines is 1. The first-order valence-electron chi connectivity index (χ1n) is 10.1. The van der Waals surface area contributed by atoms with Crippen LogP contribution in [0.25, 0.3) is 0 Å². The smallest absolute Gasteiger partial charge is 0.386 e. The van der Waals surface area contributed by atoms with Crippen LogP contribution < -0.4 is 11.2 Å². The number of phosphoric acid groups is 3. The topological polar surface area (TPSA) is 253 Å². The van der Waals surface area contributed by atoms with E-state index in [1.807, 2.05) is 25.8 Å². The monoisotopic (exact) mass is 632 g/mol. The molecule has 2 heterocycles. The minimum atomic E-state index is -5.75. The fourth-order valence-electron chi connectivity index (χ4n) is 2.84. The first-order chi connectivity index (χ1) is 16.7. The molecule has 0 bridgehead atoms. The SMILES string of the molecule is Cc1cn(C2OC(COP(=O)(O)OP(=O)(O)OP(=O)(O)O)C(OCSSC(C)(C)C)C2O)c(=O)[nH]c1=O. The second-order valence-corrected chi connectivity index (χ2v) is 16.0. The van der Waals surface area contributed by atoms with Gasteiger partial charge in [-0.1, -0.05) is 42.4 Å². The largest absolute Gasteiger partial charge is 0.490 e. The zero-order valence-corrected chi connectivity index (χ0v) is 24.0. The Morgan fingerprint density at radius 1 is 1.11 bits per heavy atom. The molecule has 0 saturated carbocycles. The first kappa shape index (κ1) is 32.9. The normalized spacial score (nSPS) is 26.1. The van der Waals surface area contributed by atoms with Gasteiger partial charge in [0, 0.05) is 16.5 Å². The molecule has 0 aliphatic carbocycles. The van der Waals surface area contributed by atoms with Crippen LogP contribution in [0.1, 0.15) is 32.6 Å². The summed E-state index contributed by atoms with van der Waals surface area (Å²) in [4.78, 5) is 62.3. The van der Waals surface area contributed by atoms with E-state index in [1.165, 1.54) is 28.5 Å². The number of aliphatic hydroxyl groups excluding tert-OH is 1. The summed E-state index contributed by atoms with van der Waals surface area (Å²) in [5, 5.41) is 10.8. The molecule has 0 aromatic carbocycles. The highest BCUT2D eigenvalue weighted by atomic mass is 33.1. The molecule has 1 aliphatic heterocycles. The van der Waals surface area contributed by atoms with Crippen molar-refractivity contribution in [1.29, 1.82) is 0 Å². The second kappa shape index (κ2) is 12.5. The molecular weight excluding hydrogens is 605 g/mol. The average Bonchev–Trinajstić information content (AvgIpc) is 2.98. The van der Waals surface area contributed by atoms with Gasteiger partial charge in [-0.2, -0.15) is 8.62 Å². The summed E-state index contributed by atoms with van der Waals surface area (Å²) in [6.07, 6.45) is -4.52. The third-order valence-electron chi connectivity index (χ3n) is 4.16. The number of aliphatic hydroxyl groups is 1. The van der Waals surface area contributed by atoms with Crippen molar-refractivity contribution in [2.24, 2.45) is 0 Å². The van der Waals surface area contributed by atoms with Crippen molar-refractivity contribution in [3.63, 3.8) is 0 Å². The summed E-state index contributed by atoms with van der Waals surface area (Å²) < 4.78 is 58.3. The molecule has 6 N–H and O–H groups in total. The molecular formula is C15H27N2O15P3S2. The molecule has 1 aromatic rings. The molecule has 2 rings (SSSR count). The van der Waals surface area contributed by atoms with Gasteiger partial charge in [-0.25, -0.2) is 18.5 Å². The summed E-state index contributed by atoms with van der Waals surface area (Å²) in [5.74, 6) is -0.00888. The van der Waals surface area contributed by atoms with E-state index in [-0.39, 0.29) is 16.2 Å². The van der Waals surface area contributed by atoms with Crippen molar-refractivity contribution in [2.75, 3.05) is 12.5 Å². The van der Waals surface area contributed by atoms with E-state index >= 15 is 0 Å². The number of H-pyrrole nitrogens is 1. The van der Waals surface area contributed by atoms with Gasteiger partial charge in [-0.3, -0.25) is 18.9 Å². The van der Waals surface area contributed by atoms with E-state index in [2.05, 4.69) is 13.1 Å². The molecule has 22 heteroatoms. The summed E-state index contributed by atoms with van der Waals surface area (Å²) in [5.41, 5.74) is -1.48.